The van der Waals surface area contributed by atoms with Crippen molar-refractivity contribution in [3.8, 4) is 5.75 Å². The molecule has 0 saturated heterocycles. The van der Waals surface area contributed by atoms with Crippen LogP contribution in [0.25, 0.3) is 10.8 Å². The molecule has 3 aromatic rings. The molecule has 0 unspecified atom stereocenters. The van der Waals surface area contributed by atoms with E-state index in [1.54, 1.807) is 6.07 Å². The molecular weight excluding hydrogens is 376 g/mol. The topological polar surface area (TPSA) is 108 Å². The maximum absolute atomic E-state index is 12.3. The molecule has 0 heterocycles. The van der Waals surface area contributed by atoms with Crippen molar-refractivity contribution in [3.63, 3.8) is 0 Å². The number of fused-ring (bicyclic) bond motifs is 1. The van der Waals surface area contributed by atoms with Gasteiger partial charge >= 0.3 is 5.97 Å². The Labute approximate surface area is 166 Å². The standard InChI is InChI=1S/C21H18N2O6/c1-14(21(25)22-17-7-6-15-4-2-3-5-16(15)12-17)29-20(24)13-28-19-10-8-18(9-11-19)23(26)27/h2-12,14H,13H2,1H3,(H,22,25)/t14-/m1/s1. The van der Waals surface area contributed by atoms with E-state index in [4.69, 9.17) is 9.47 Å². The van der Waals surface area contributed by atoms with Gasteiger partial charge in [-0.1, -0.05) is 30.3 Å². The zero-order valence-electron chi connectivity index (χ0n) is 15.5. The van der Waals surface area contributed by atoms with Gasteiger partial charge in [0.2, 0.25) is 0 Å². The molecule has 0 aliphatic carbocycles. The van der Waals surface area contributed by atoms with Crippen LogP contribution in [0.1, 0.15) is 6.92 Å². The Balaban J connectivity index is 1.50. The Hall–Kier alpha value is -3.94. The van der Waals surface area contributed by atoms with Crippen molar-refractivity contribution < 1.29 is 24.0 Å². The number of hydrogen-bond acceptors (Lipinski definition) is 6. The van der Waals surface area contributed by atoms with Crippen LogP contribution in [0.2, 0.25) is 0 Å². The summed E-state index contributed by atoms with van der Waals surface area (Å²) >= 11 is 0. The second-order valence-electron chi connectivity index (χ2n) is 6.22. The Kier molecular flexibility index (Phi) is 6.03. The zero-order valence-corrected chi connectivity index (χ0v) is 15.5. The van der Waals surface area contributed by atoms with Gasteiger partial charge in [0.25, 0.3) is 11.6 Å². The normalized spacial score (nSPS) is 11.5. The Bertz CT molecular complexity index is 1050. The number of carbonyl (C=O) groups is 2. The molecule has 0 radical (unpaired) electrons. The summed E-state index contributed by atoms with van der Waals surface area (Å²) in [7, 11) is 0. The minimum atomic E-state index is -1.02. The van der Waals surface area contributed by atoms with Crippen molar-refractivity contribution in [1.82, 2.24) is 0 Å². The molecule has 1 amide bonds. The van der Waals surface area contributed by atoms with E-state index in [1.165, 1.54) is 31.2 Å². The molecule has 0 fully saturated rings. The fraction of sp³-hybridized carbons (Fsp3) is 0.143. The lowest BCUT2D eigenvalue weighted by Gasteiger charge is -2.14. The number of rotatable bonds is 7. The second kappa shape index (κ2) is 8.83. The van der Waals surface area contributed by atoms with Crippen LogP contribution in [0.4, 0.5) is 11.4 Å². The smallest absolute Gasteiger partial charge is 0.344 e. The van der Waals surface area contributed by atoms with E-state index in [0.29, 0.717) is 5.69 Å². The lowest BCUT2D eigenvalue weighted by atomic mass is 10.1. The van der Waals surface area contributed by atoms with Gasteiger partial charge in [-0.25, -0.2) is 4.79 Å². The number of ether oxygens (including phenoxy) is 2. The molecule has 0 bridgehead atoms. The maximum atomic E-state index is 12.3. The van der Waals surface area contributed by atoms with Crippen LogP contribution in [0.15, 0.2) is 66.7 Å². The molecule has 0 aliphatic heterocycles. The summed E-state index contributed by atoms with van der Waals surface area (Å²) in [4.78, 5) is 34.2. The van der Waals surface area contributed by atoms with E-state index in [-0.39, 0.29) is 11.4 Å². The summed E-state index contributed by atoms with van der Waals surface area (Å²) < 4.78 is 10.3. The SMILES string of the molecule is C[C@@H](OC(=O)COc1ccc([N+](=O)[O-])cc1)C(=O)Nc1ccc2ccccc2c1. The number of nitro groups is 1. The maximum Gasteiger partial charge on any atom is 0.344 e. The van der Waals surface area contributed by atoms with Crippen LogP contribution < -0.4 is 10.1 Å². The molecule has 0 spiro atoms. The number of hydrogen-bond donors (Lipinski definition) is 1. The van der Waals surface area contributed by atoms with Crippen LogP contribution in [0, 0.1) is 10.1 Å². The molecule has 1 N–H and O–H groups in total. The van der Waals surface area contributed by atoms with Crippen LogP contribution in [0.5, 0.6) is 5.75 Å². The summed E-state index contributed by atoms with van der Waals surface area (Å²) in [5.41, 5.74) is 0.512. The summed E-state index contributed by atoms with van der Waals surface area (Å²) in [5, 5.41) is 15.3. The predicted molar refractivity (Wildman–Crippen MR) is 107 cm³/mol. The fourth-order valence-corrected chi connectivity index (χ4v) is 2.60. The molecule has 0 aliphatic rings. The van der Waals surface area contributed by atoms with Crippen LogP contribution >= 0.6 is 0 Å². The second-order valence-corrected chi connectivity index (χ2v) is 6.22. The van der Waals surface area contributed by atoms with Gasteiger partial charge in [-0.15, -0.1) is 0 Å². The third kappa shape index (κ3) is 5.29. The van der Waals surface area contributed by atoms with Crippen LogP contribution in [-0.2, 0) is 14.3 Å². The van der Waals surface area contributed by atoms with Gasteiger partial charge in [-0.2, -0.15) is 0 Å². The van der Waals surface area contributed by atoms with E-state index in [2.05, 4.69) is 5.32 Å². The van der Waals surface area contributed by atoms with Gasteiger partial charge in [-0.3, -0.25) is 14.9 Å². The average molecular weight is 394 g/mol. The van der Waals surface area contributed by atoms with Crippen molar-refractivity contribution in [2.24, 2.45) is 0 Å². The van der Waals surface area contributed by atoms with Crippen molar-refractivity contribution in [1.29, 1.82) is 0 Å². The number of nitro benzene ring substituents is 1. The van der Waals surface area contributed by atoms with Gasteiger partial charge in [0.1, 0.15) is 5.75 Å². The Morgan fingerprint density at radius 3 is 2.41 bits per heavy atom. The largest absolute Gasteiger partial charge is 0.482 e. The van der Waals surface area contributed by atoms with Gasteiger partial charge in [-0.05, 0) is 42.0 Å². The number of esters is 1. The summed E-state index contributed by atoms with van der Waals surface area (Å²) in [5.74, 6) is -0.922. The minimum absolute atomic E-state index is 0.0843. The summed E-state index contributed by atoms with van der Waals surface area (Å²) in [6, 6.07) is 18.5. The average Bonchev–Trinajstić information content (AvgIpc) is 2.72. The fourth-order valence-electron chi connectivity index (χ4n) is 2.60. The first kappa shape index (κ1) is 19.8. The molecule has 1 atom stereocenters. The van der Waals surface area contributed by atoms with Gasteiger partial charge in [0.15, 0.2) is 12.7 Å². The van der Waals surface area contributed by atoms with Gasteiger partial charge in [0.05, 0.1) is 4.92 Å². The first-order chi connectivity index (χ1) is 13.9. The molecule has 3 rings (SSSR count). The van der Waals surface area contributed by atoms with Crippen molar-refractivity contribution in [2.75, 3.05) is 11.9 Å². The van der Waals surface area contributed by atoms with Gasteiger partial charge < -0.3 is 14.8 Å². The summed E-state index contributed by atoms with van der Waals surface area (Å²) in [6.45, 7) is 1.03. The third-order valence-corrected chi connectivity index (χ3v) is 4.10. The quantitative estimate of drug-likeness (QED) is 0.372. The van der Waals surface area contributed by atoms with E-state index >= 15 is 0 Å². The van der Waals surface area contributed by atoms with E-state index < -0.39 is 29.5 Å². The van der Waals surface area contributed by atoms with Crippen molar-refractivity contribution >= 4 is 34.0 Å². The highest BCUT2D eigenvalue weighted by Crippen LogP contribution is 2.19. The Morgan fingerprint density at radius 1 is 1.03 bits per heavy atom. The molecule has 3 aromatic carbocycles. The van der Waals surface area contributed by atoms with Crippen molar-refractivity contribution in [3.05, 3.63) is 76.8 Å². The zero-order chi connectivity index (χ0) is 20.8. The van der Waals surface area contributed by atoms with E-state index in [0.717, 1.165) is 10.8 Å². The van der Waals surface area contributed by atoms with Crippen LogP contribution in [0.3, 0.4) is 0 Å². The van der Waals surface area contributed by atoms with E-state index in [1.807, 2.05) is 36.4 Å². The predicted octanol–water partition coefficient (Wildman–Crippen LogP) is 3.70. The highest BCUT2D eigenvalue weighted by molar-refractivity contribution is 5.97. The number of nitrogens with zero attached hydrogens (tertiary/aromatic N) is 1. The molecule has 0 saturated carbocycles. The van der Waals surface area contributed by atoms with E-state index in [9.17, 15) is 19.7 Å². The highest BCUT2D eigenvalue weighted by atomic mass is 16.6. The molecule has 8 nitrogen and oxygen atoms in total. The first-order valence-corrected chi connectivity index (χ1v) is 8.79. The molecule has 148 valence electrons. The highest BCUT2D eigenvalue weighted by Gasteiger charge is 2.18. The molecule has 8 heteroatoms. The van der Waals surface area contributed by atoms with Gasteiger partial charge in [0, 0.05) is 17.8 Å². The number of benzene rings is 3. The minimum Gasteiger partial charge on any atom is -0.482 e. The number of non-ortho nitro benzene ring substituents is 1. The van der Waals surface area contributed by atoms with Crippen LogP contribution in [-0.4, -0.2) is 29.5 Å². The first-order valence-electron chi connectivity index (χ1n) is 8.79. The monoisotopic (exact) mass is 394 g/mol. The number of amides is 1. The molecule has 0 aromatic heterocycles. The lowest BCUT2D eigenvalue weighted by molar-refractivity contribution is -0.384. The number of carbonyl (C=O) groups excluding carboxylic acids is 2. The lowest BCUT2D eigenvalue weighted by Crippen LogP contribution is -2.31. The number of nitrogens with one attached hydrogen (secondary N) is 1. The molecule has 29 heavy (non-hydrogen) atoms. The Morgan fingerprint density at radius 2 is 1.72 bits per heavy atom. The summed E-state index contributed by atoms with van der Waals surface area (Å²) in [6.07, 6.45) is -1.02. The number of anilines is 1. The molecular formula is C21H18N2O6. The third-order valence-electron chi connectivity index (χ3n) is 4.10. The van der Waals surface area contributed by atoms with Crippen molar-refractivity contribution in [2.45, 2.75) is 13.0 Å².